The van der Waals surface area contributed by atoms with Gasteiger partial charge in [0.2, 0.25) is 0 Å². The summed E-state index contributed by atoms with van der Waals surface area (Å²) in [5, 5.41) is 8.81. The Kier molecular flexibility index (Phi) is 4.99. The average Bonchev–Trinajstić information content (AvgIpc) is 2.53. The van der Waals surface area contributed by atoms with Gasteiger partial charge in [-0.2, -0.15) is 5.26 Å². The van der Waals surface area contributed by atoms with Gasteiger partial charge in [0.05, 0.1) is 18.7 Å². The van der Waals surface area contributed by atoms with Gasteiger partial charge in [0.25, 0.3) is 0 Å². The number of nitriles is 1. The first-order chi connectivity index (χ1) is 10.2. The molecule has 0 aromatic heterocycles. The monoisotopic (exact) mass is 287 g/mol. The zero-order valence-corrected chi connectivity index (χ0v) is 11.5. The maximum atomic E-state index is 13.3. The predicted molar refractivity (Wildman–Crippen MR) is 75.1 cm³/mol. The summed E-state index contributed by atoms with van der Waals surface area (Å²) in [5.41, 5.74) is 0.488. The molecule has 2 rings (SSSR count). The zero-order chi connectivity index (χ0) is 15.1. The van der Waals surface area contributed by atoms with Gasteiger partial charge in [-0.25, -0.2) is 4.39 Å². The molecule has 0 saturated heterocycles. The van der Waals surface area contributed by atoms with Gasteiger partial charge in [-0.3, -0.25) is 0 Å². The highest BCUT2D eigenvalue weighted by molar-refractivity contribution is 5.46. The second kappa shape index (κ2) is 7.15. The molecule has 0 heterocycles. The van der Waals surface area contributed by atoms with Crippen LogP contribution in [0.25, 0.3) is 0 Å². The van der Waals surface area contributed by atoms with Crippen LogP contribution in [0.1, 0.15) is 5.56 Å². The molecule has 0 radical (unpaired) electrons. The number of methoxy groups -OCH3 is 1. The Balaban J connectivity index is 1.89. The molecule has 0 spiro atoms. The van der Waals surface area contributed by atoms with E-state index in [0.717, 1.165) is 0 Å². The number of hydrogen-bond donors (Lipinski definition) is 0. The first-order valence-corrected chi connectivity index (χ1v) is 6.33. The molecule has 0 aliphatic carbocycles. The fourth-order valence-electron chi connectivity index (χ4n) is 1.72. The van der Waals surface area contributed by atoms with E-state index < -0.39 is 5.82 Å². The minimum Gasteiger partial charge on any atom is -0.493 e. The molecule has 108 valence electrons. The van der Waals surface area contributed by atoms with Crippen LogP contribution in [-0.2, 0) is 0 Å². The molecule has 0 aliphatic heterocycles. The summed E-state index contributed by atoms with van der Waals surface area (Å²) in [7, 11) is 1.50. The van der Waals surface area contributed by atoms with Crippen molar-refractivity contribution in [3.8, 4) is 23.3 Å². The van der Waals surface area contributed by atoms with Crippen LogP contribution in [0.3, 0.4) is 0 Å². The molecule has 0 fully saturated rings. The lowest BCUT2D eigenvalue weighted by Crippen LogP contribution is -2.10. The number of rotatable bonds is 6. The number of halogens is 1. The van der Waals surface area contributed by atoms with E-state index >= 15 is 0 Å². The standard InChI is InChI=1S/C16H14FNO3/c1-19-16-10-12(11-18)6-7-15(16)21-9-8-20-14-5-3-2-4-13(14)17/h2-7,10H,8-9H2,1H3. The van der Waals surface area contributed by atoms with Gasteiger partial charge in [0.15, 0.2) is 23.1 Å². The molecule has 2 aromatic rings. The summed E-state index contributed by atoms with van der Waals surface area (Å²) >= 11 is 0. The molecule has 2 aromatic carbocycles. The topological polar surface area (TPSA) is 51.5 Å². The fraction of sp³-hybridized carbons (Fsp3) is 0.188. The summed E-state index contributed by atoms with van der Waals surface area (Å²) in [6.07, 6.45) is 0. The lowest BCUT2D eigenvalue weighted by atomic mass is 10.2. The molecule has 5 heteroatoms. The van der Waals surface area contributed by atoms with Gasteiger partial charge in [-0.05, 0) is 24.3 Å². The lowest BCUT2D eigenvalue weighted by Gasteiger charge is -2.11. The Labute approximate surface area is 122 Å². The van der Waals surface area contributed by atoms with E-state index in [1.165, 1.54) is 13.2 Å². The molecule has 21 heavy (non-hydrogen) atoms. The van der Waals surface area contributed by atoms with Crippen LogP contribution in [-0.4, -0.2) is 20.3 Å². The number of ether oxygens (including phenoxy) is 3. The van der Waals surface area contributed by atoms with Gasteiger partial charge in [-0.1, -0.05) is 12.1 Å². The molecule has 4 nitrogen and oxygen atoms in total. The van der Waals surface area contributed by atoms with E-state index in [1.54, 1.807) is 36.4 Å². The number of benzene rings is 2. The van der Waals surface area contributed by atoms with E-state index in [-0.39, 0.29) is 19.0 Å². The van der Waals surface area contributed by atoms with Crippen molar-refractivity contribution in [1.29, 1.82) is 5.26 Å². The minimum absolute atomic E-state index is 0.188. The van der Waals surface area contributed by atoms with Crippen molar-refractivity contribution in [2.75, 3.05) is 20.3 Å². The maximum absolute atomic E-state index is 13.3. The smallest absolute Gasteiger partial charge is 0.165 e. The van der Waals surface area contributed by atoms with Crippen LogP contribution < -0.4 is 14.2 Å². The molecular weight excluding hydrogens is 273 g/mol. The van der Waals surface area contributed by atoms with Crippen molar-refractivity contribution in [2.45, 2.75) is 0 Å². The van der Waals surface area contributed by atoms with Gasteiger partial charge in [-0.15, -0.1) is 0 Å². The third-order valence-electron chi connectivity index (χ3n) is 2.73. The highest BCUT2D eigenvalue weighted by Crippen LogP contribution is 2.27. The van der Waals surface area contributed by atoms with Crippen LogP contribution in [0, 0.1) is 17.1 Å². The average molecular weight is 287 g/mol. The Morgan fingerprint density at radius 1 is 1.00 bits per heavy atom. The summed E-state index contributed by atoms with van der Waals surface area (Å²) in [4.78, 5) is 0. The maximum Gasteiger partial charge on any atom is 0.165 e. The third kappa shape index (κ3) is 3.86. The SMILES string of the molecule is COc1cc(C#N)ccc1OCCOc1ccccc1F. The fourth-order valence-corrected chi connectivity index (χ4v) is 1.72. The summed E-state index contributed by atoms with van der Waals surface area (Å²) in [5.74, 6) is 0.759. The second-order valence-electron chi connectivity index (χ2n) is 4.10. The first-order valence-electron chi connectivity index (χ1n) is 6.33. The van der Waals surface area contributed by atoms with Crippen LogP contribution >= 0.6 is 0 Å². The van der Waals surface area contributed by atoms with Gasteiger partial charge in [0, 0.05) is 6.07 Å². The van der Waals surface area contributed by atoms with Crippen LogP contribution in [0.2, 0.25) is 0 Å². The molecule has 0 bridgehead atoms. The highest BCUT2D eigenvalue weighted by Gasteiger charge is 2.06. The molecule has 0 amide bonds. The molecule has 0 aliphatic rings. The zero-order valence-electron chi connectivity index (χ0n) is 11.5. The normalized spacial score (nSPS) is 9.76. The van der Waals surface area contributed by atoms with E-state index in [2.05, 4.69) is 0 Å². The van der Waals surface area contributed by atoms with E-state index in [4.69, 9.17) is 19.5 Å². The van der Waals surface area contributed by atoms with Crippen LogP contribution in [0.5, 0.6) is 17.2 Å². The Morgan fingerprint density at radius 3 is 2.38 bits per heavy atom. The van der Waals surface area contributed by atoms with Crippen LogP contribution in [0.15, 0.2) is 42.5 Å². The summed E-state index contributed by atoms with van der Waals surface area (Å²) < 4.78 is 29.3. The lowest BCUT2D eigenvalue weighted by molar-refractivity contribution is 0.206. The van der Waals surface area contributed by atoms with Crippen molar-refractivity contribution in [3.63, 3.8) is 0 Å². The molecule has 0 N–H and O–H groups in total. The predicted octanol–water partition coefficient (Wildman–Crippen LogP) is 3.16. The summed E-state index contributed by atoms with van der Waals surface area (Å²) in [6, 6.07) is 13.1. The molecule has 0 unspecified atom stereocenters. The Bertz CT molecular complexity index is 652. The van der Waals surface area contributed by atoms with Crippen molar-refractivity contribution >= 4 is 0 Å². The molecular formula is C16H14FNO3. The van der Waals surface area contributed by atoms with E-state index in [0.29, 0.717) is 17.1 Å². The molecule has 0 atom stereocenters. The largest absolute Gasteiger partial charge is 0.493 e. The van der Waals surface area contributed by atoms with Gasteiger partial charge in [0.1, 0.15) is 13.2 Å². The number of hydrogen-bond acceptors (Lipinski definition) is 4. The summed E-state index contributed by atoms with van der Waals surface area (Å²) in [6.45, 7) is 0.431. The van der Waals surface area contributed by atoms with Crippen molar-refractivity contribution in [1.82, 2.24) is 0 Å². The van der Waals surface area contributed by atoms with E-state index in [9.17, 15) is 4.39 Å². The number of para-hydroxylation sites is 1. The van der Waals surface area contributed by atoms with Crippen molar-refractivity contribution < 1.29 is 18.6 Å². The highest BCUT2D eigenvalue weighted by atomic mass is 19.1. The van der Waals surface area contributed by atoms with Crippen molar-refractivity contribution in [3.05, 3.63) is 53.8 Å². The van der Waals surface area contributed by atoms with Gasteiger partial charge < -0.3 is 14.2 Å². The first kappa shape index (κ1) is 14.7. The van der Waals surface area contributed by atoms with Crippen LogP contribution in [0.4, 0.5) is 4.39 Å². The molecule has 0 saturated carbocycles. The number of nitrogens with zero attached hydrogens (tertiary/aromatic N) is 1. The Hall–Kier alpha value is -2.74. The van der Waals surface area contributed by atoms with Gasteiger partial charge >= 0.3 is 0 Å². The Morgan fingerprint density at radius 2 is 1.71 bits per heavy atom. The third-order valence-corrected chi connectivity index (χ3v) is 2.73. The quantitative estimate of drug-likeness (QED) is 0.766. The van der Waals surface area contributed by atoms with E-state index in [1.807, 2.05) is 6.07 Å². The minimum atomic E-state index is -0.409. The van der Waals surface area contributed by atoms with Crippen molar-refractivity contribution in [2.24, 2.45) is 0 Å². The second-order valence-corrected chi connectivity index (χ2v) is 4.10.